The van der Waals surface area contributed by atoms with E-state index in [0.717, 1.165) is 50.8 Å². The highest BCUT2D eigenvalue weighted by Crippen LogP contribution is 2.46. The van der Waals surface area contributed by atoms with E-state index in [9.17, 15) is 18.0 Å². The van der Waals surface area contributed by atoms with E-state index in [1.807, 2.05) is 9.80 Å². The molecule has 1 saturated carbocycles. The predicted octanol–water partition coefficient (Wildman–Crippen LogP) is 2.63. The average molecular weight is 498 g/mol. The minimum absolute atomic E-state index is 0.0190. The van der Waals surface area contributed by atoms with Crippen molar-refractivity contribution >= 4 is 11.9 Å². The first-order valence-electron chi connectivity index (χ1n) is 12.6. The van der Waals surface area contributed by atoms with E-state index >= 15 is 0 Å². The number of carbonyl (C=O) groups excluding carboxylic acids is 1. The SMILES string of the molecule is CC[C@]1(C(=O)N2C[C@H]3C[C@H]2CN3c2nccc(C(F)(F)F)n2)CC[C@@H](N[C@H]2CCOC[C@H]2OC)C1. The number of likely N-dealkylation sites (tertiary alicyclic amines) is 1. The van der Waals surface area contributed by atoms with Crippen molar-refractivity contribution in [1.82, 2.24) is 20.2 Å². The summed E-state index contributed by atoms with van der Waals surface area (Å²) >= 11 is 0. The molecule has 0 spiro atoms. The number of hydrogen-bond donors (Lipinski definition) is 1. The predicted molar refractivity (Wildman–Crippen MR) is 122 cm³/mol. The van der Waals surface area contributed by atoms with Crippen LogP contribution in [0.2, 0.25) is 0 Å². The first kappa shape index (κ1) is 24.7. The van der Waals surface area contributed by atoms with Gasteiger partial charge >= 0.3 is 6.18 Å². The number of piperazine rings is 1. The Morgan fingerprint density at radius 2 is 2.14 bits per heavy atom. The van der Waals surface area contributed by atoms with Crippen LogP contribution in [0.5, 0.6) is 0 Å². The van der Waals surface area contributed by atoms with Crippen LogP contribution in [0.25, 0.3) is 0 Å². The summed E-state index contributed by atoms with van der Waals surface area (Å²) in [6, 6.07) is 1.30. The summed E-state index contributed by atoms with van der Waals surface area (Å²) in [6.07, 6.45) is 1.67. The fraction of sp³-hybridized carbons (Fsp3) is 0.792. The molecule has 11 heteroatoms. The molecule has 1 aromatic heterocycles. The lowest BCUT2D eigenvalue weighted by molar-refractivity contribution is -0.143. The molecule has 4 aliphatic rings. The second kappa shape index (κ2) is 9.48. The number of rotatable bonds is 6. The maximum absolute atomic E-state index is 13.8. The molecular weight excluding hydrogens is 463 g/mol. The number of fused-ring (bicyclic) bond motifs is 2. The average Bonchev–Trinajstić information content (AvgIpc) is 3.58. The first-order valence-corrected chi connectivity index (χ1v) is 12.6. The quantitative estimate of drug-likeness (QED) is 0.647. The van der Waals surface area contributed by atoms with Gasteiger partial charge in [-0.05, 0) is 44.6 Å². The van der Waals surface area contributed by atoms with Gasteiger partial charge < -0.3 is 24.6 Å². The molecule has 1 amide bonds. The molecule has 2 bridgehead atoms. The standard InChI is InChI=1S/C24H34F3N5O3/c1-3-23(7-4-15(11-23)29-18-6-9-35-14-19(18)34-2)21(33)31-12-17-10-16(31)13-32(17)22-28-8-5-20(30-22)24(25,26)27/h5,8,15-19,29H,3-4,6-7,9-14H2,1-2H3/t15-,16+,17-,18+,19-,23+/m1/s1. The number of ether oxygens (including phenoxy) is 2. The van der Waals surface area contributed by atoms with E-state index in [-0.39, 0.29) is 42.1 Å². The van der Waals surface area contributed by atoms with Crippen LogP contribution >= 0.6 is 0 Å². The molecule has 194 valence electrons. The summed E-state index contributed by atoms with van der Waals surface area (Å²) in [5, 5.41) is 3.74. The van der Waals surface area contributed by atoms with Crippen LogP contribution in [-0.2, 0) is 20.4 Å². The van der Waals surface area contributed by atoms with Gasteiger partial charge in [0, 0.05) is 45.1 Å². The van der Waals surface area contributed by atoms with Crippen molar-refractivity contribution < 1.29 is 27.4 Å². The molecule has 6 atom stereocenters. The third kappa shape index (κ3) is 4.62. The van der Waals surface area contributed by atoms with E-state index in [0.29, 0.717) is 26.3 Å². The molecule has 3 aliphatic heterocycles. The Morgan fingerprint density at radius 3 is 2.83 bits per heavy atom. The Balaban J connectivity index is 1.23. The topological polar surface area (TPSA) is 79.8 Å². The van der Waals surface area contributed by atoms with E-state index < -0.39 is 17.3 Å². The van der Waals surface area contributed by atoms with Gasteiger partial charge in [-0.1, -0.05) is 6.92 Å². The Labute approximate surface area is 203 Å². The number of nitrogens with zero attached hydrogens (tertiary/aromatic N) is 4. The van der Waals surface area contributed by atoms with E-state index in [2.05, 4.69) is 22.2 Å². The van der Waals surface area contributed by atoms with E-state index in [1.54, 1.807) is 7.11 Å². The fourth-order valence-corrected chi connectivity index (χ4v) is 6.48. The molecular formula is C24H34F3N5O3. The highest BCUT2D eigenvalue weighted by atomic mass is 19.4. The smallest absolute Gasteiger partial charge is 0.379 e. The zero-order chi connectivity index (χ0) is 24.8. The van der Waals surface area contributed by atoms with Crippen LogP contribution in [0, 0.1) is 5.41 Å². The normalized spacial score (nSPS) is 35.2. The number of hydrogen-bond acceptors (Lipinski definition) is 7. The third-order valence-corrected chi connectivity index (χ3v) is 8.49. The second-order valence-electron chi connectivity index (χ2n) is 10.4. The minimum atomic E-state index is -4.51. The number of anilines is 1. The number of methoxy groups -OCH3 is 1. The number of alkyl halides is 3. The molecule has 5 rings (SSSR count). The van der Waals surface area contributed by atoms with Crippen molar-refractivity contribution in [3.63, 3.8) is 0 Å². The van der Waals surface area contributed by atoms with Crippen molar-refractivity contribution in [2.24, 2.45) is 5.41 Å². The monoisotopic (exact) mass is 497 g/mol. The molecule has 8 nitrogen and oxygen atoms in total. The Hall–Kier alpha value is -1.98. The lowest BCUT2D eigenvalue weighted by Crippen LogP contribution is -2.54. The number of aromatic nitrogens is 2. The van der Waals surface area contributed by atoms with Crippen molar-refractivity contribution in [2.75, 3.05) is 38.3 Å². The molecule has 1 N–H and O–H groups in total. The maximum Gasteiger partial charge on any atom is 0.433 e. The summed E-state index contributed by atoms with van der Waals surface area (Å²) in [5.41, 5.74) is -1.33. The van der Waals surface area contributed by atoms with Gasteiger partial charge in [-0.3, -0.25) is 4.79 Å². The molecule has 3 saturated heterocycles. The molecule has 1 aliphatic carbocycles. The van der Waals surface area contributed by atoms with Crippen LogP contribution in [0.3, 0.4) is 0 Å². The summed E-state index contributed by atoms with van der Waals surface area (Å²) in [4.78, 5) is 25.5. The molecule has 0 aromatic carbocycles. The first-order chi connectivity index (χ1) is 16.7. The Kier molecular flexibility index (Phi) is 6.69. The molecule has 4 heterocycles. The number of carbonyl (C=O) groups is 1. The van der Waals surface area contributed by atoms with Crippen molar-refractivity contribution in [2.45, 2.75) is 81.9 Å². The van der Waals surface area contributed by atoms with Crippen LogP contribution in [0.1, 0.15) is 51.1 Å². The van der Waals surface area contributed by atoms with Gasteiger partial charge in [0.25, 0.3) is 0 Å². The Bertz CT molecular complexity index is 934. The molecule has 1 aromatic rings. The lowest BCUT2D eigenvalue weighted by atomic mass is 9.81. The maximum atomic E-state index is 13.8. The van der Waals surface area contributed by atoms with Crippen LogP contribution < -0.4 is 10.2 Å². The molecule has 4 fully saturated rings. The minimum Gasteiger partial charge on any atom is -0.379 e. The van der Waals surface area contributed by atoms with Crippen LogP contribution in [0.4, 0.5) is 19.1 Å². The largest absolute Gasteiger partial charge is 0.433 e. The van der Waals surface area contributed by atoms with E-state index in [4.69, 9.17) is 9.47 Å². The number of amides is 1. The van der Waals surface area contributed by atoms with Gasteiger partial charge in [-0.15, -0.1) is 0 Å². The number of nitrogens with one attached hydrogen (secondary N) is 1. The van der Waals surface area contributed by atoms with Gasteiger partial charge in [-0.2, -0.15) is 13.2 Å². The summed E-state index contributed by atoms with van der Waals surface area (Å²) in [7, 11) is 1.71. The van der Waals surface area contributed by atoms with Crippen LogP contribution in [0.15, 0.2) is 12.3 Å². The van der Waals surface area contributed by atoms with Gasteiger partial charge in [-0.25, -0.2) is 9.97 Å². The third-order valence-electron chi connectivity index (χ3n) is 8.49. The summed E-state index contributed by atoms with van der Waals surface area (Å²) < 4.78 is 50.4. The van der Waals surface area contributed by atoms with Crippen molar-refractivity contribution in [1.29, 1.82) is 0 Å². The summed E-state index contributed by atoms with van der Waals surface area (Å²) in [5.74, 6) is 0.288. The lowest BCUT2D eigenvalue weighted by Gasteiger charge is -2.39. The fourth-order valence-electron chi connectivity index (χ4n) is 6.48. The van der Waals surface area contributed by atoms with Crippen molar-refractivity contribution in [3.8, 4) is 0 Å². The molecule has 0 radical (unpaired) electrons. The van der Waals surface area contributed by atoms with Gasteiger partial charge in [0.2, 0.25) is 11.9 Å². The van der Waals surface area contributed by atoms with E-state index in [1.165, 1.54) is 0 Å². The van der Waals surface area contributed by atoms with Crippen LogP contribution in [-0.4, -0.2) is 84.5 Å². The highest BCUT2D eigenvalue weighted by Gasteiger charge is 2.53. The number of halogens is 3. The zero-order valence-electron chi connectivity index (χ0n) is 20.3. The zero-order valence-corrected chi connectivity index (χ0v) is 20.3. The summed E-state index contributed by atoms with van der Waals surface area (Å²) in [6.45, 7) is 4.36. The molecule has 35 heavy (non-hydrogen) atoms. The second-order valence-corrected chi connectivity index (χ2v) is 10.4. The van der Waals surface area contributed by atoms with Gasteiger partial charge in [0.1, 0.15) is 5.69 Å². The Morgan fingerprint density at radius 1 is 1.31 bits per heavy atom. The highest BCUT2D eigenvalue weighted by molar-refractivity contribution is 5.84. The van der Waals surface area contributed by atoms with Gasteiger partial charge in [0.05, 0.1) is 30.2 Å². The van der Waals surface area contributed by atoms with Crippen molar-refractivity contribution in [3.05, 3.63) is 18.0 Å². The van der Waals surface area contributed by atoms with Gasteiger partial charge in [0.15, 0.2) is 0 Å². The molecule has 0 unspecified atom stereocenters.